The fourth-order valence-electron chi connectivity index (χ4n) is 3.23. The molecule has 0 N–H and O–H groups in total. The monoisotopic (exact) mass is 328 g/mol. The molecule has 1 nitrogen and oxygen atoms in total. The van der Waals surface area contributed by atoms with Crippen molar-refractivity contribution >= 4 is 15.9 Å². The van der Waals surface area contributed by atoms with Crippen LogP contribution in [0.15, 0.2) is 22.7 Å². The summed E-state index contributed by atoms with van der Waals surface area (Å²) in [6.07, 6.45) is 3.84. The standard InChI is InChI=1S/C16H22BrFO/c1-11-6-13(9-16(2,3)8-11)19-10-12-4-5-15(18)14(17)7-12/h4-5,7,11,13H,6,8-10H2,1-3H3. The molecule has 0 heterocycles. The zero-order valence-electron chi connectivity index (χ0n) is 11.9. The lowest BCUT2D eigenvalue weighted by Gasteiger charge is -2.38. The van der Waals surface area contributed by atoms with Crippen LogP contribution in [0.3, 0.4) is 0 Å². The molecule has 3 heteroatoms. The molecule has 106 valence electrons. The highest BCUT2D eigenvalue weighted by Gasteiger charge is 2.32. The summed E-state index contributed by atoms with van der Waals surface area (Å²) in [7, 11) is 0. The summed E-state index contributed by atoms with van der Waals surface area (Å²) in [6, 6.07) is 5.07. The van der Waals surface area contributed by atoms with Gasteiger partial charge in [-0.1, -0.05) is 26.8 Å². The van der Waals surface area contributed by atoms with Crippen molar-refractivity contribution in [3.8, 4) is 0 Å². The topological polar surface area (TPSA) is 9.23 Å². The van der Waals surface area contributed by atoms with Crippen molar-refractivity contribution in [2.45, 2.75) is 52.7 Å². The molecule has 1 saturated carbocycles. The lowest BCUT2D eigenvalue weighted by molar-refractivity contribution is -0.0316. The number of hydrogen-bond donors (Lipinski definition) is 0. The van der Waals surface area contributed by atoms with E-state index < -0.39 is 0 Å². The largest absolute Gasteiger partial charge is 0.374 e. The van der Waals surface area contributed by atoms with E-state index in [1.165, 1.54) is 12.5 Å². The molecule has 0 radical (unpaired) electrons. The molecular formula is C16H22BrFO. The molecule has 0 amide bonds. The van der Waals surface area contributed by atoms with Crippen LogP contribution in [0, 0.1) is 17.2 Å². The van der Waals surface area contributed by atoms with Crippen molar-refractivity contribution in [2.75, 3.05) is 0 Å². The molecule has 0 saturated heterocycles. The fourth-order valence-corrected chi connectivity index (χ4v) is 3.66. The summed E-state index contributed by atoms with van der Waals surface area (Å²) in [5.41, 5.74) is 1.38. The third kappa shape index (κ3) is 4.28. The van der Waals surface area contributed by atoms with Crippen LogP contribution >= 0.6 is 15.9 Å². The Kier molecular flexibility index (Phi) is 4.67. The number of hydrogen-bond acceptors (Lipinski definition) is 1. The van der Waals surface area contributed by atoms with Crippen molar-refractivity contribution in [1.82, 2.24) is 0 Å². The SMILES string of the molecule is CC1CC(OCc2ccc(F)c(Br)c2)CC(C)(C)C1. The highest BCUT2D eigenvalue weighted by Crippen LogP contribution is 2.39. The minimum atomic E-state index is -0.226. The summed E-state index contributed by atoms with van der Waals surface area (Å²) in [4.78, 5) is 0. The number of benzene rings is 1. The van der Waals surface area contributed by atoms with Gasteiger partial charge >= 0.3 is 0 Å². The number of ether oxygens (including phenoxy) is 1. The third-order valence-corrected chi connectivity index (χ3v) is 4.42. The van der Waals surface area contributed by atoms with E-state index in [-0.39, 0.29) is 5.82 Å². The van der Waals surface area contributed by atoms with Crippen molar-refractivity contribution in [1.29, 1.82) is 0 Å². The molecule has 0 aliphatic heterocycles. The van der Waals surface area contributed by atoms with Gasteiger partial charge in [-0.25, -0.2) is 4.39 Å². The van der Waals surface area contributed by atoms with E-state index in [2.05, 4.69) is 36.7 Å². The van der Waals surface area contributed by atoms with E-state index in [1.807, 2.05) is 0 Å². The predicted octanol–water partition coefficient (Wildman–Crippen LogP) is 5.32. The zero-order valence-corrected chi connectivity index (χ0v) is 13.5. The lowest BCUT2D eigenvalue weighted by atomic mass is 9.71. The Hall–Kier alpha value is -0.410. The number of halogens is 2. The van der Waals surface area contributed by atoms with Crippen LogP contribution in [0.2, 0.25) is 0 Å². The second-order valence-corrected chi connectivity index (χ2v) is 7.45. The van der Waals surface area contributed by atoms with E-state index in [0.717, 1.165) is 18.4 Å². The molecule has 2 rings (SSSR count). The Morgan fingerprint density at radius 1 is 1.37 bits per heavy atom. The first-order valence-electron chi connectivity index (χ1n) is 6.91. The fraction of sp³-hybridized carbons (Fsp3) is 0.625. The van der Waals surface area contributed by atoms with Crippen LogP contribution in [0.4, 0.5) is 4.39 Å². The van der Waals surface area contributed by atoms with Crippen LogP contribution in [0.25, 0.3) is 0 Å². The normalized spacial score (nSPS) is 26.4. The second-order valence-electron chi connectivity index (χ2n) is 6.59. The van der Waals surface area contributed by atoms with Gasteiger partial charge in [0.25, 0.3) is 0 Å². The highest BCUT2D eigenvalue weighted by atomic mass is 79.9. The minimum absolute atomic E-state index is 0.226. The quantitative estimate of drug-likeness (QED) is 0.729. The smallest absolute Gasteiger partial charge is 0.137 e. The second kappa shape index (κ2) is 5.92. The maximum atomic E-state index is 13.2. The van der Waals surface area contributed by atoms with E-state index in [0.29, 0.717) is 28.5 Å². The summed E-state index contributed by atoms with van der Waals surface area (Å²) < 4.78 is 19.7. The molecule has 2 unspecified atom stereocenters. The van der Waals surface area contributed by atoms with Crippen molar-refractivity contribution in [3.05, 3.63) is 34.1 Å². The zero-order chi connectivity index (χ0) is 14.0. The van der Waals surface area contributed by atoms with Crippen molar-refractivity contribution in [2.24, 2.45) is 11.3 Å². The summed E-state index contributed by atoms with van der Waals surface area (Å²) in [6.45, 7) is 7.49. The molecule has 1 fully saturated rings. The molecule has 1 aromatic carbocycles. The van der Waals surface area contributed by atoms with Crippen LogP contribution in [-0.4, -0.2) is 6.10 Å². The van der Waals surface area contributed by atoms with Gasteiger partial charge in [0.05, 0.1) is 17.2 Å². The molecule has 0 spiro atoms. The molecule has 0 bridgehead atoms. The molecular weight excluding hydrogens is 307 g/mol. The van der Waals surface area contributed by atoms with Crippen molar-refractivity contribution in [3.63, 3.8) is 0 Å². The molecule has 0 aromatic heterocycles. The Morgan fingerprint density at radius 2 is 2.11 bits per heavy atom. The van der Waals surface area contributed by atoms with Crippen LogP contribution in [-0.2, 0) is 11.3 Å². The first-order valence-corrected chi connectivity index (χ1v) is 7.70. The average Bonchev–Trinajstić information content (AvgIpc) is 2.28. The first kappa shape index (κ1) is 15.0. The van der Waals surface area contributed by atoms with Gasteiger partial charge in [0.1, 0.15) is 5.82 Å². The van der Waals surface area contributed by atoms with Gasteiger partial charge in [0.15, 0.2) is 0 Å². The Labute approximate surface area is 123 Å². The molecule has 19 heavy (non-hydrogen) atoms. The highest BCUT2D eigenvalue weighted by molar-refractivity contribution is 9.10. The number of rotatable bonds is 3. The maximum absolute atomic E-state index is 13.2. The van der Waals surface area contributed by atoms with Gasteiger partial charge in [-0.05, 0) is 64.2 Å². The van der Waals surface area contributed by atoms with Gasteiger partial charge in [0.2, 0.25) is 0 Å². The lowest BCUT2D eigenvalue weighted by Crippen LogP contribution is -2.32. The summed E-state index contributed by atoms with van der Waals surface area (Å²) in [5.74, 6) is 0.491. The van der Waals surface area contributed by atoms with Crippen LogP contribution in [0.5, 0.6) is 0 Å². The predicted molar refractivity (Wildman–Crippen MR) is 79.5 cm³/mol. The molecule has 2 atom stereocenters. The molecule has 1 aliphatic carbocycles. The van der Waals surface area contributed by atoms with Gasteiger partial charge < -0.3 is 4.74 Å². The van der Waals surface area contributed by atoms with Gasteiger partial charge in [0, 0.05) is 0 Å². The Morgan fingerprint density at radius 3 is 2.74 bits per heavy atom. The molecule has 1 aromatic rings. The van der Waals surface area contributed by atoms with E-state index in [1.54, 1.807) is 12.1 Å². The van der Waals surface area contributed by atoms with E-state index in [4.69, 9.17) is 4.74 Å². The summed E-state index contributed by atoms with van der Waals surface area (Å²) >= 11 is 3.21. The van der Waals surface area contributed by atoms with Gasteiger partial charge in [-0.2, -0.15) is 0 Å². The first-order chi connectivity index (χ1) is 8.85. The summed E-state index contributed by atoms with van der Waals surface area (Å²) in [5, 5.41) is 0. The van der Waals surface area contributed by atoms with E-state index >= 15 is 0 Å². The third-order valence-electron chi connectivity index (χ3n) is 3.82. The van der Waals surface area contributed by atoms with Gasteiger partial charge in [-0.15, -0.1) is 0 Å². The van der Waals surface area contributed by atoms with Crippen LogP contribution in [0.1, 0.15) is 45.6 Å². The molecule has 1 aliphatic rings. The maximum Gasteiger partial charge on any atom is 0.137 e. The van der Waals surface area contributed by atoms with E-state index in [9.17, 15) is 4.39 Å². The Balaban J connectivity index is 1.93. The minimum Gasteiger partial charge on any atom is -0.374 e. The van der Waals surface area contributed by atoms with Crippen LogP contribution < -0.4 is 0 Å². The Bertz CT molecular complexity index is 444. The van der Waals surface area contributed by atoms with Crippen molar-refractivity contribution < 1.29 is 9.13 Å². The van der Waals surface area contributed by atoms with Gasteiger partial charge in [-0.3, -0.25) is 0 Å². The average molecular weight is 329 g/mol.